The lowest BCUT2D eigenvalue weighted by Gasteiger charge is -2.16. The van der Waals surface area contributed by atoms with Gasteiger partial charge in [-0.2, -0.15) is 0 Å². The number of carbonyl (C=O) groups excluding carboxylic acids is 2. The number of phosphoric acid groups is 1. The van der Waals surface area contributed by atoms with Crippen molar-refractivity contribution in [3.8, 4) is 11.5 Å². The molecule has 0 amide bonds. The van der Waals surface area contributed by atoms with E-state index in [1.165, 1.54) is 24.3 Å². The van der Waals surface area contributed by atoms with Crippen LogP contribution in [0.15, 0.2) is 109 Å². The van der Waals surface area contributed by atoms with Crippen molar-refractivity contribution in [2.24, 2.45) is 11.8 Å². The lowest BCUT2D eigenvalue weighted by atomic mass is 9.89. The fraction of sp³-hybridized carbons (Fsp3) is 0.235. The summed E-state index contributed by atoms with van der Waals surface area (Å²) in [5.41, 5.74) is 3.21. The van der Waals surface area contributed by atoms with Gasteiger partial charge in [0.15, 0.2) is 11.6 Å². The van der Waals surface area contributed by atoms with Gasteiger partial charge in [0, 0.05) is 23.0 Å². The van der Waals surface area contributed by atoms with Crippen LogP contribution in [0, 0.1) is 11.8 Å². The summed E-state index contributed by atoms with van der Waals surface area (Å²) < 4.78 is 23.1. The number of carbonyl (C=O) groups is 2. The van der Waals surface area contributed by atoms with E-state index in [0.29, 0.717) is 36.8 Å². The minimum absolute atomic E-state index is 0.00931. The van der Waals surface area contributed by atoms with Crippen molar-refractivity contribution < 1.29 is 28.1 Å². The highest BCUT2D eigenvalue weighted by Gasteiger charge is 2.26. The minimum Gasteiger partial charge on any atom is -0.395 e. The number of phosphoric ester groups is 1. The third-order valence-electron chi connectivity index (χ3n) is 7.10. The molecular weight excluding hydrogens is 535 g/mol. The van der Waals surface area contributed by atoms with E-state index < -0.39 is 7.82 Å². The summed E-state index contributed by atoms with van der Waals surface area (Å²) in [6, 6.07) is 32.0. The molecule has 212 valence electrons. The van der Waals surface area contributed by atoms with Crippen molar-refractivity contribution in [2.45, 2.75) is 39.5 Å². The van der Waals surface area contributed by atoms with E-state index >= 15 is 0 Å². The van der Waals surface area contributed by atoms with E-state index in [9.17, 15) is 19.0 Å². The minimum atomic E-state index is -4.53. The first-order valence-electron chi connectivity index (χ1n) is 13.9. The van der Waals surface area contributed by atoms with Crippen molar-refractivity contribution in [3.63, 3.8) is 0 Å². The average molecular weight is 571 g/mol. The predicted molar refractivity (Wildman–Crippen MR) is 160 cm³/mol. The van der Waals surface area contributed by atoms with Crippen molar-refractivity contribution in [3.05, 3.63) is 131 Å². The molecule has 0 aliphatic heterocycles. The fourth-order valence-corrected chi connectivity index (χ4v) is 5.57. The van der Waals surface area contributed by atoms with E-state index in [4.69, 9.17) is 9.05 Å². The lowest BCUT2D eigenvalue weighted by molar-refractivity contribution is 0.0908. The molecule has 6 nitrogen and oxygen atoms in total. The Balaban J connectivity index is 1.35. The standard InChI is InChI=1S/C34H35O6P/c1-3-27(23-25-11-7-5-8-12-25)33(35)29-15-19-31(20-16-29)39-41(37,38)40-32-21-17-30(18-22-32)34(36)28(4-2)24-26-13-9-6-10-14-26/h5-22,27-28H,3-4,23-24H2,1-2H3,(H,37,38). The molecule has 1 N–H and O–H groups in total. The molecule has 4 aromatic carbocycles. The third kappa shape index (κ3) is 8.50. The van der Waals surface area contributed by atoms with Gasteiger partial charge in [0.25, 0.3) is 0 Å². The number of Topliss-reactive ketones (excluding diaryl/α,β-unsaturated/α-hetero) is 2. The molecule has 0 fully saturated rings. The second-order valence-corrected chi connectivity index (χ2v) is 11.3. The van der Waals surface area contributed by atoms with Gasteiger partial charge in [0.1, 0.15) is 11.5 Å². The number of benzene rings is 4. The van der Waals surface area contributed by atoms with Crippen LogP contribution in [0.3, 0.4) is 0 Å². The van der Waals surface area contributed by atoms with Crippen LogP contribution >= 0.6 is 7.82 Å². The highest BCUT2D eigenvalue weighted by atomic mass is 31.2. The van der Waals surface area contributed by atoms with Crippen molar-refractivity contribution in [1.82, 2.24) is 0 Å². The van der Waals surface area contributed by atoms with Gasteiger partial charge in [0.2, 0.25) is 0 Å². The third-order valence-corrected chi connectivity index (χ3v) is 7.98. The van der Waals surface area contributed by atoms with Gasteiger partial charge in [-0.25, -0.2) is 4.57 Å². The first-order valence-corrected chi connectivity index (χ1v) is 15.4. The molecule has 0 saturated carbocycles. The topological polar surface area (TPSA) is 89.9 Å². The largest absolute Gasteiger partial charge is 0.584 e. The van der Waals surface area contributed by atoms with Crippen LogP contribution in [0.4, 0.5) is 0 Å². The fourth-order valence-electron chi connectivity index (χ4n) is 4.76. The smallest absolute Gasteiger partial charge is 0.395 e. The molecule has 0 saturated heterocycles. The Morgan fingerprint density at radius 3 is 1.27 bits per heavy atom. The Hall–Kier alpha value is -3.99. The normalized spacial score (nSPS) is 13.9. The summed E-state index contributed by atoms with van der Waals surface area (Å²) in [7, 11) is -4.53. The molecule has 0 bridgehead atoms. The monoisotopic (exact) mass is 570 g/mol. The molecule has 0 aromatic heterocycles. The first-order chi connectivity index (χ1) is 19.8. The van der Waals surface area contributed by atoms with Crippen LogP contribution in [0.25, 0.3) is 0 Å². The van der Waals surface area contributed by atoms with Gasteiger partial charge in [0.05, 0.1) is 0 Å². The van der Waals surface area contributed by atoms with E-state index in [1.807, 2.05) is 74.5 Å². The summed E-state index contributed by atoms with van der Waals surface area (Å²) in [5.74, 6) is -0.122. The van der Waals surface area contributed by atoms with Crippen LogP contribution in [0.1, 0.15) is 58.5 Å². The molecule has 2 unspecified atom stereocenters. The molecular formula is C34H35O6P. The zero-order chi connectivity index (χ0) is 29.2. The molecule has 0 aliphatic carbocycles. The average Bonchev–Trinajstić information content (AvgIpc) is 2.99. The van der Waals surface area contributed by atoms with Gasteiger partial charge in [-0.15, -0.1) is 0 Å². The number of hydrogen-bond donors (Lipinski definition) is 1. The van der Waals surface area contributed by atoms with Gasteiger partial charge in [-0.3, -0.25) is 14.5 Å². The Bertz CT molecular complexity index is 1360. The van der Waals surface area contributed by atoms with Gasteiger partial charge < -0.3 is 9.05 Å². The molecule has 0 aliphatic rings. The number of hydrogen-bond acceptors (Lipinski definition) is 5. The molecule has 0 spiro atoms. The summed E-state index contributed by atoms with van der Waals surface area (Å²) in [6.07, 6.45) is 2.68. The van der Waals surface area contributed by atoms with Crippen molar-refractivity contribution in [1.29, 1.82) is 0 Å². The Labute approximate surface area is 241 Å². The summed E-state index contributed by atoms with van der Waals surface area (Å²) in [6.45, 7) is 3.97. The van der Waals surface area contributed by atoms with E-state index in [2.05, 4.69) is 0 Å². The van der Waals surface area contributed by atoms with Gasteiger partial charge in [-0.05, 0) is 85.3 Å². The quantitative estimate of drug-likeness (QED) is 0.122. The maximum atomic E-state index is 13.1. The number of rotatable bonds is 14. The summed E-state index contributed by atoms with van der Waals surface area (Å²) in [4.78, 5) is 36.4. The second kappa shape index (κ2) is 14.1. The van der Waals surface area contributed by atoms with Crippen LogP contribution < -0.4 is 9.05 Å². The van der Waals surface area contributed by atoms with E-state index in [0.717, 1.165) is 11.1 Å². The van der Waals surface area contributed by atoms with Gasteiger partial charge >= 0.3 is 7.82 Å². The molecule has 4 aromatic rings. The maximum Gasteiger partial charge on any atom is 0.584 e. The van der Waals surface area contributed by atoms with Crippen molar-refractivity contribution >= 4 is 19.4 Å². The summed E-state index contributed by atoms with van der Waals surface area (Å²) in [5, 5.41) is 0. The van der Waals surface area contributed by atoms with Crippen LogP contribution in [0.2, 0.25) is 0 Å². The zero-order valence-electron chi connectivity index (χ0n) is 23.3. The van der Waals surface area contributed by atoms with Crippen LogP contribution in [-0.4, -0.2) is 16.5 Å². The highest BCUT2D eigenvalue weighted by Crippen LogP contribution is 2.44. The molecule has 41 heavy (non-hydrogen) atoms. The van der Waals surface area contributed by atoms with Crippen LogP contribution in [0.5, 0.6) is 11.5 Å². The highest BCUT2D eigenvalue weighted by molar-refractivity contribution is 7.48. The lowest BCUT2D eigenvalue weighted by Crippen LogP contribution is -2.16. The first kappa shape index (κ1) is 30.0. The SMILES string of the molecule is CCC(Cc1ccccc1)C(=O)c1ccc(OP(=O)(O)Oc2ccc(C(=O)C(CC)Cc3ccccc3)cc2)cc1. The molecule has 7 heteroatoms. The zero-order valence-corrected chi connectivity index (χ0v) is 24.2. The Kier molecular flexibility index (Phi) is 10.3. The molecule has 4 rings (SSSR count). The Morgan fingerprint density at radius 2 is 0.951 bits per heavy atom. The van der Waals surface area contributed by atoms with Crippen molar-refractivity contribution in [2.75, 3.05) is 0 Å². The second-order valence-electron chi connectivity index (χ2n) is 10.0. The van der Waals surface area contributed by atoms with E-state index in [-0.39, 0.29) is 34.9 Å². The van der Waals surface area contributed by atoms with E-state index in [1.54, 1.807) is 24.3 Å². The number of ketones is 2. The summed E-state index contributed by atoms with van der Waals surface area (Å²) >= 11 is 0. The van der Waals surface area contributed by atoms with Crippen LogP contribution in [-0.2, 0) is 17.4 Å². The predicted octanol–water partition coefficient (Wildman–Crippen LogP) is 8.15. The molecule has 0 heterocycles. The van der Waals surface area contributed by atoms with Gasteiger partial charge in [-0.1, -0.05) is 74.5 Å². The molecule has 2 atom stereocenters. The molecule has 0 radical (unpaired) electrons. The maximum absolute atomic E-state index is 13.1. The Morgan fingerprint density at radius 1 is 0.610 bits per heavy atom.